The van der Waals surface area contributed by atoms with Crippen LogP contribution in [0.3, 0.4) is 0 Å². The van der Waals surface area contributed by atoms with Gasteiger partial charge in [0, 0.05) is 6.54 Å². The predicted molar refractivity (Wildman–Crippen MR) is 96.5 cm³/mol. The quantitative estimate of drug-likeness (QED) is 0.564. The number of benzene rings is 2. The van der Waals surface area contributed by atoms with E-state index >= 15 is 0 Å². The number of hydrogen-bond acceptors (Lipinski definition) is 5. The van der Waals surface area contributed by atoms with E-state index < -0.39 is 0 Å². The van der Waals surface area contributed by atoms with Crippen molar-refractivity contribution in [3.8, 4) is 11.5 Å². The van der Waals surface area contributed by atoms with Crippen LogP contribution < -0.4 is 14.4 Å². The molecule has 1 amide bonds. The maximum atomic E-state index is 12.0. The Labute approximate surface area is 152 Å². The van der Waals surface area contributed by atoms with Crippen molar-refractivity contribution < 1.29 is 23.8 Å². The van der Waals surface area contributed by atoms with Crippen molar-refractivity contribution in [2.75, 3.05) is 31.3 Å². The van der Waals surface area contributed by atoms with Gasteiger partial charge in [-0.3, -0.25) is 9.59 Å². The lowest BCUT2D eigenvalue weighted by Gasteiger charge is -2.28. The van der Waals surface area contributed by atoms with Gasteiger partial charge in [0.05, 0.1) is 12.1 Å². The molecule has 0 fully saturated rings. The molecule has 6 nitrogen and oxygen atoms in total. The third kappa shape index (κ3) is 4.53. The van der Waals surface area contributed by atoms with E-state index in [1.807, 2.05) is 43.3 Å². The van der Waals surface area contributed by atoms with Crippen molar-refractivity contribution >= 4 is 17.6 Å². The van der Waals surface area contributed by atoms with E-state index in [2.05, 4.69) is 0 Å². The highest BCUT2D eigenvalue weighted by Crippen LogP contribution is 2.31. The minimum absolute atomic E-state index is 0.0175. The molecule has 3 rings (SSSR count). The average molecular weight is 355 g/mol. The van der Waals surface area contributed by atoms with Crippen molar-refractivity contribution in [2.24, 2.45) is 0 Å². The Kier molecular flexibility index (Phi) is 5.73. The normalized spacial score (nSPS) is 13.0. The fourth-order valence-electron chi connectivity index (χ4n) is 2.69. The molecule has 136 valence electrons. The number of para-hydroxylation sites is 2. The third-order valence-electron chi connectivity index (χ3n) is 3.95. The number of ether oxygens (including phenoxy) is 3. The number of hydrogen-bond donors (Lipinski definition) is 0. The summed E-state index contributed by atoms with van der Waals surface area (Å²) in [5, 5.41) is 0. The number of aryl methyl sites for hydroxylation is 1. The molecule has 0 bridgehead atoms. The highest BCUT2D eigenvalue weighted by molar-refractivity contribution is 5.98. The van der Waals surface area contributed by atoms with Gasteiger partial charge in [0.1, 0.15) is 24.7 Å². The summed E-state index contributed by atoms with van der Waals surface area (Å²) in [6.45, 7) is 2.68. The lowest BCUT2D eigenvalue weighted by molar-refractivity contribution is -0.144. The van der Waals surface area contributed by atoms with Gasteiger partial charge in [-0.15, -0.1) is 0 Å². The Hall–Kier alpha value is -3.02. The zero-order chi connectivity index (χ0) is 18.4. The molecule has 0 N–H and O–H groups in total. The molecule has 2 aromatic carbocycles. The van der Waals surface area contributed by atoms with E-state index in [0.29, 0.717) is 11.4 Å². The van der Waals surface area contributed by atoms with Crippen molar-refractivity contribution in [1.82, 2.24) is 0 Å². The predicted octanol–water partition coefficient (Wildman–Crippen LogP) is 2.73. The smallest absolute Gasteiger partial charge is 0.307 e. The fourth-order valence-corrected chi connectivity index (χ4v) is 2.69. The minimum Gasteiger partial charge on any atom is -0.490 e. The number of anilines is 1. The van der Waals surface area contributed by atoms with Crippen LogP contribution in [0, 0.1) is 6.92 Å². The second kappa shape index (κ2) is 8.38. The Bertz CT molecular complexity index is 789. The molecule has 0 atom stereocenters. The SMILES string of the molecule is Cc1cccc(OCCOC(=O)CCN2C(=O)COc3ccccc32)c1. The molecule has 0 spiro atoms. The molecule has 0 saturated carbocycles. The van der Waals surface area contributed by atoms with Crippen LogP contribution in [0.1, 0.15) is 12.0 Å². The van der Waals surface area contributed by atoms with E-state index in [9.17, 15) is 9.59 Å². The van der Waals surface area contributed by atoms with Crippen LogP contribution in [-0.2, 0) is 14.3 Å². The van der Waals surface area contributed by atoms with Gasteiger partial charge in [0.15, 0.2) is 6.61 Å². The van der Waals surface area contributed by atoms with Crippen LogP contribution in [0.4, 0.5) is 5.69 Å². The molecule has 0 aliphatic carbocycles. The molecular formula is C20H21NO5. The maximum Gasteiger partial charge on any atom is 0.307 e. The largest absolute Gasteiger partial charge is 0.490 e. The highest BCUT2D eigenvalue weighted by Gasteiger charge is 2.25. The number of carbonyl (C=O) groups excluding carboxylic acids is 2. The number of rotatable bonds is 7. The molecule has 1 heterocycles. The topological polar surface area (TPSA) is 65.1 Å². The van der Waals surface area contributed by atoms with E-state index in [4.69, 9.17) is 14.2 Å². The Morgan fingerprint density at radius 1 is 1.15 bits per heavy atom. The summed E-state index contributed by atoms with van der Waals surface area (Å²) in [7, 11) is 0. The third-order valence-corrected chi connectivity index (χ3v) is 3.95. The summed E-state index contributed by atoms with van der Waals surface area (Å²) in [5.74, 6) is 0.859. The Morgan fingerprint density at radius 2 is 2.00 bits per heavy atom. The number of esters is 1. The Balaban J connectivity index is 1.42. The van der Waals surface area contributed by atoms with E-state index in [-0.39, 0.29) is 44.7 Å². The molecule has 0 saturated heterocycles. The number of amides is 1. The molecule has 1 aliphatic heterocycles. The zero-order valence-corrected chi connectivity index (χ0v) is 14.6. The van der Waals surface area contributed by atoms with Crippen LogP contribution in [-0.4, -0.2) is 38.2 Å². The van der Waals surface area contributed by atoms with Crippen LogP contribution >= 0.6 is 0 Å². The van der Waals surface area contributed by atoms with Crippen LogP contribution in [0.25, 0.3) is 0 Å². The van der Waals surface area contributed by atoms with Gasteiger partial charge < -0.3 is 19.1 Å². The molecule has 26 heavy (non-hydrogen) atoms. The summed E-state index contributed by atoms with van der Waals surface area (Å²) < 4.78 is 16.1. The van der Waals surface area contributed by atoms with Gasteiger partial charge in [-0.1, -0.05) is 24.3 Å². The lowest BCUT2D eigenvalue weighted by atomic mass is 10.2. The molecule has 0 aromatic heterocycles. The number of carbonyl (C=O) groups is 2. The van der Waals surface area contributed by atoms with Crippen molar-refractivity contribution in [3.63, 3.8) is 0 Å². The van der Waals surface area contributed by atoms with E-state index in [1.165, 1.54) is 0 Å². The standard InChI is InChI=1S/C20H21NO5/c1-15-5-4-6-16(13-15)24-11-12-25-20(23)9-10-21-17-7-2-3-8-18(17)26-14-19(21)22/h2-8,13H,9-12,14H2,1H3. The van der Waals surface area contributed by atoms with Crippen LogP contribution in [0.2, 0.25) is 0 Å². The average Bonchev–Trinajstić information content (AvgIpc) is 2.64. The second-order valence-electron chi connectivity index (χ2n) is 5.94. The highest BCUT2D eigenvalue weighted by atomic mass is 16.6. The fraction of sp³-hybridized carbons (Fsp3) is 0.300. The van der Waals surface area contributed by atoms with Crippen LogP contribution in [0.15, 0.2) is 48.5 Å². The van der Waals surface area contributed by atoms with Gasteiger partial charge in [-0.25, -0.2) is 0 Å². The monoisotopic (exact) mass is 355 g/mol. The zero-order valence-electron chi connectivity index (χ0n) is 14.6. The van der Waals surface area contributed by atoms with Crippen molar-refractivity contribution in [2.45, 2.75) is 13.3 Å². The van der Waals surface area contributed by atoms with E-state index in [1.54, 1.807) is 17.0 Å². The number of nitrogens with zero attached hydrogens (tertiary/aromatic N) is 1. The first-order valence-electron chi connectivity index (χ1n) is 8.51. The first kappa shape index (κ1) is 17.8. The lowest BCUT2D eigenvalue weighted by Crippen LogP contribution is -2.40. The Morgan fingerprint density at radius 3 is 2.85 bits per heavy atom. The first-order valence-corrected chi connectivity index (χ1v) is 8.51. The maximum absolute atomic E-state index is 12.0. The molecule has 6 heteroatoms. The van der Waals surface area contributed by atoms with Gasteiger partial charge in [0.25, 0.3) is 5.91 Å². The molecular weight excluding hydrogens is 334 g/mol. The summed E-state index contributed by atoms with van der Waals surface area (Å²) in [5.41, 5.74) is 1.79. The summed E-state index contributed by atoms with van der Waals surface area (Å²) >= 11 is 0. The van der Waals surface area contributed by atoms with E-state index in [0.717, 1.165) is 11.3 Å². The summed E-state index contributed by atoms with van der Waals surface area (Å²) in [6, 6.07) is 14.9. The van der Waals surface area contributed by atoms with Gasteiger partial charge in [0.2, 0.25) is 0 Å². The minimum atomic E-state index is -0.366. The summed E-state index contributed by atoms with van der Waals surface area (Å²) in [4.78, 5) is 25.5. The second-order valence-corrected chi connectivity index (χ2v) is 5.94. The molecule has 2 aromatic rings. The molecule has 0 unspecified atom stereocenters. The number of fused-ring (bicyclic) bond motifs is 1. The molecule has 0 radical (unpaired) electrons. The van der Waals surface area contributed by atoms with Crippen LogP contribution in [0.5, 0.6) is 11.5 Å². The van der Waals surface area contributed by atoms with Gasteiger partial charge >= 0.3 is 5.97 Å². The first-order chi connectivity index (χ1) is 12.6. The van der Waals surface area contributed by atoms with Gasteiger partial charge in [-0.05, 0) is 36.8 Å². The summed E-state index contributed by atoms with van der Waals surface area (Å²) in [6.07, 6.45) is 0.116. The van der Waals surface area contributed by atoms with Gasteiger partial charge in [-0.2, -0.15) is 0 Å². The molecule has 1 aliphatic rings. The van der Waals surface area contributed by atoms with Crippen molar-refractivity contribution in [3.05, 3.63) is 54.1 Å². The van der Waals surface area contributed by atoms with Crippen molar-refractivity contribution in [1.29, 1.82) is 0 Å².